The van der Waals surface area contributed by atoms with Gasteiger partial charge in [0.05, 0.1) is 0 Å². The van der Waals surface area contributed by atoms with E-state index in [1.165, 1.54) is 44.6 Å². The van der Waals surface area contributed by atoms with Gasteiger partial charge < -0.3 is 4.74 Å². The number of alkyl halides is 3. The van der Waals surface area contributed by atoms with Crippen LogP contribution in [-0.2, 0) is 4.74 Å². The van der Waals surface area contributed by atoms with Crippen LogP contribution in [0.1, 0.15) is 38.5 Å². The quantitative estimate of drug-likeness (QED) is 0.334. The monoisotopic (exact) mass is 285 g/mol. The zero-order valence-corrected chi connectivity index (χ0v) is 11.5. The van der Waals surface area contributed by atoms with E-state index in [2.05, 4.69) is 11.3 Å². The molecule has 1 fully saturated rings. The molecule has 0 amide bonds. The summed E-state index contributed by atoms with van der Waals surface area (Å²) in [5.74, 6) is -0.391. The van der Waals surface area contributed by atoms with Crippen LogP contribution in [0.15, 0.2) is 12.7 Å². The van der Waals surface area contributed by atoms with Crippen molar-refractivity contribution in [2.75, 3.05) is 6.61 Å². The molecule has 0 unspecified atom stereocenters. The van der Waals surface area contributed by atoms with E-state index in [-0.39, 0.29) is 6.61 Å². The lowest BCUT2D eigenvalue weighted by molar-refractivity contribution is 0.340. The number of hydrogen-bond acceptors (Lipinski definition) is 2. The maximum absolute atomic E-state index is 6.98. The molecule has 0 aromatic carbocycles. The van der Waals surface area contributed by atoms with E-state index >= 15 is 0 Å². The Balaban J connectivity index is 0.000000315. The van der Waals surface area contributed by atoms with Crippen LogP contribution in [0.2, 0.25) is 0 Å². The zero-order valence-electron chi connectivity index (χ0n) is 9.28. The average molecular weight is 287 g/mol. The second-order valence-electron chi connectivity index (χ2n) is 3.55. The van der Waals surface area contributed by atoms with Crippen LogP contribution in [0.4, 0.5) is 0 Å². The first-order valence-corrected chi connectivity index (χ1v) is 6.51. The maximum atomic E-state index is 6.98. The van der Waals surface area contributed by atoms with Crippen molar-refractivity contribution < 1.29 is 4.74 Å². The molecular weight excluding hydrogens is 268 g/mol. The summed E-state index contributed by atoms with van der Waals surface area (Å²) in [5.41, 5.74) is 0. The molecule has 0 atom stereocenters. The Bertz CT molecular complexity index is 198. The van der Waals surface area contributed by atoms with Crippen molar-refractivity contribution in [2.24, 2.45) is 0 Å². The van der Waals surface area contributed by atoms with Gasteiger partial charge in [-0.05, 0) is 0 Å². The van der Waals surface area contributed by atoms with E-state index in [4.69, 9.17) is 40.2 Å². The number of rotatable bonds is 2. The lowest BCUT2D eigenvalue weighted by Gasteiger charge is -2.11. The Kier molecular flexibility index (Phi) is 9.19. The molecule has 2 nitrogen and oxygen atoms in total. The first kappa shape index (κ1) is 16.1. The van der Waals surface area contributed by atoms with Crippen molar-refractivity contribution in [1.29, 1.82) is 5.41 Å². The van der Waals surface area contributed by atoms with Gasteiger partial charge in [0.1, 0.15) is 6.61 Å². The molecule has 5 heteroatoms. The Hall–Kier alpha value is 0.0800. The minimum absolute atomic E-state index is 0.173. The van der Waals surface area contributed by atoms with Crippen molar-refractivity contribution in [1.82, 2.24) is 0 Å². The van der Waals surface area contributed by atoms with E-state index in [0.29, 0.717) is 0 Å². The lowest BCUT2D eigenvalue weighted by Crippen LogP contribution is -2.20. The van der Waals surface area contributed by atoms with Gasteiger partial charge >= 0.3 is 0 Å². The molecule has 1 N–H and O–H groups in total. The first-order chi connectivity index (χ1) is 7.48. The summed E-state index contributed by atoms with van der Waals surface area (Å²) < 4.78 is 2.86. The van der Waals surface area contributed by atoms with Crippen molar-refractivity contribution >= 4 is 40.7 Å². The normalized spacial score (nSPS) is 15.7. The van der Waals surface area contributed by atoms with Crippen molar-refractivity contribution in [3.05, 3.63) is 12.7 Å². The Morgan fingerprint density at radius 2 is 1.50 bits per heavy atom. The predicted octanol–water partition coefficient (Wildman–Crippen LogP) is 4.88. The van der Waals surface area contributed by atoms with Gasteiger partial charge in [0, 0.05) is 0 Å². The van der Waals surface area contributed by atoms with Gasteiger partial charge in [0.15, 0.2) is 0 Å². The Morgan fingerprint density at radius 1 is 1.12 bits per heavy atom. The third-order valence-electron chi connectivity index (χ3n) is 2.10. The summed E-state index contributed by atoms with van der Waals surface area (Å²) >= 11 is 15.8. The Labute approximate surface area is 112 Å². The molecule has 0 spiro atoms. The number of hydrogen-bond donors (Lipinski definition) is 1. The summed E-state index contributed by atoms with van der Waals surface area (Å²) in [6.07, 6.45) is 10.5. The van der Waals surface area contributed by atoms with Crippen LogP contribution in [-0.4, -0.2) is 16.3 Å². The molecule has 16 heavy (non-hydrogen) atoms. The molecule has 0 saturated heterocycles. The molecular formula is C11H18Cl3NO. The molecule has 94 valence electrons. The van der Waals surface area contributed by atoms with E-state index in [1.807, 2.05) is 0 Å². The van der Waals surface area contributed by atoms with Gasteiger partial charge in [-0.2, -0.15) is 0 Å². The molecule has 1 aliphatic carbocycles. The van der Waals surface area contributed by atoms with Crippen LogP contribution in [0, 0.1) is 5.41 Å². The second kappa shape index (κ2) is 9.15. The molecule has 0 aromatic rings. The second-order valence-corrected chi connectivity index (χ2v) is 5.83. The van der Waals surface area contributed by atoms with E-state index in [1.54, 1.807) is 0 Å². The van der Waals surface area contributed by atoms with Crippen LogP contribution in [0.25, 0.3) is 0 Å². The molecule has 0 radical (unpaired) electrons. The summed E-state index contributed by atoms with van der Waals surface area (Å²) in [6, 6.07) is 0. The molecule has 1 rings (SSSR count). The standard InChI is InChI=1S/C6H12.C5H6Cl3NO/c1-2-4-6-5-3-1;1-2-3-10-4(9)5(6,7)8/h1-6H2;2,9H,1,3H2. The SMILES string of the molecule is C1CCCCC1.C=CCOC(=N)C(Cl)(Cl)Cl. The fourth-order valence-electron chi connectivity index (χ4n) is 1.28. The molecule has 0 aromatic heterocycles. The number of nitrogens with one attached hydrogen (secondary N) is 1. The molecule has 0 heterocycles. The fourth-order valence-corrected chi connectivity index (χ4v) is 1.45. The highest BCUT2D eigenvalue weighted by Gasteiger charge is 2.27. The molecule has 0 bridgehead atoms. The minimum atomic E-state index is -1.76. The third kappa shape index (κ3) is 9.32. The van der Waals surface area contributed by atoms with Crippen LogP contribution < -0.4 is 0 Å². The van der Waals surface area contributed by atoms with E-state index in [0.717, 1.165) is 0 Å². The summed E-state index contributed by atoms with van der Waals surface area (Å²) in [4.78, 5) is 0. The van der Waals surface area contributed by atoms with Crippen molar-refractivity contribution in [3.8, 4) is 0 Å². The molecule has 0 aliphatic heterocycles. The van der Waals surface area contributed by atoms with Crippen LogP contribution in [0.5, 0.6) is 0 Å². The number of halogens is 3. The molecule has 1 saturated carbocycles. The summed E-state index contributed by atoms with van der Waals surface area (Å²) in [7, 11) is 0. The highest BCUT2D eigenvalue weighted by molar-refractivity contribution is 6.76. The predicted molar refractivity (Wildman–Crippen MR) is 71.9 cm³/mol. The van der Waals surface area contributed by atoms with Crippen molar-refractivity contribution in [2.45, 2.75) is 42.3 Å². The highest BCUT2D eigenvalue weighted by atomic mass is 35.6. The maximum Gasteiger partial charge on any atom is 0.265 e. The minimum Gasteiger partial charge on any atom is -0.474 e. The van der Waals surface area contributed by atoms with Gasteiger partial charge in [0.2, 0.25) is 5.90 Å². The van der Waals surface area contributed by atoms with E-state index < -0.39 is 9.69 Å². The largest absolute Gasteiger partial charge is 0.474 e. The van der Waals surface area contributed by atoms with Gasteiger partial charge in [-0.1, -0.05) is 86.0 Å². The smallest absolute Gasteiger partial charge is 0.265 e. The molecule has 1 aliphatic rings. The van der Waals surface area contributed by atoms with E-state index in [9.17, 15) is 0 Å². The Morgan fingerprint density at radius 3 is 1.75 bits per heavy atom. The highest BCUT2D eigenvalue weighted by Crippen LogP contribution is 2.27. The third-order valence-corrected chi connectivity index (χ3v) is 2.62. The number of ether oxygens (including phenoxy) is 1. The van der Waals surface area contributed by atoms with Crippen LogP contribution >= 0.6 is 34.8 Å². The van der Waals surface area contributed by atoms with Gasteiger partial charge in [-0.25, -0.2) is 0 Å². The van der Waals surface area contributed by atoms with Gasteiger partial charge in [-0.15, -0.1) is 0 Å². The summed E-state index contributed by atoms with van der Waals surface area (Å²) in [5, 5.41) is 6.98. The first-order valence-electron chi connectivity index (χ1n) is 5.38. The van der Waals surface area contributed by atoms with Crippen molar-refractivity contribution in [3.63, 3.8) is 0 Å². The summed E-state index contributed by atoms with van der Waals surface area (Å²) in [6.45, 7) is 3.54. The zero-order chi connectivity index (χ0) is 12.4. The fraction of sp³-hybridized carbons (Fsp3) is 0.727. The lowest BCUT2D eigenvalue weighted by atomic mass is 10.0. The van der Waals surface area contributed by atoms with Gasteiger partial charge in [0.25, 0.3) is 3.79 Å². The average Bonchev–Trinajstić information content (AvgIpc) is 2.28. The van der Waals surface area contributed by atoms with Crippen LogP contribution in [0.3, 0.4) is 0 Å². The van der Waals surface area contributed by atoms with Gasteiger partial charge in [-0.3, -0.25) is 5.41 Å². The topological polar surface area (TPSA) is 33.1 Å².